The molecule has 1 aliphatic rings. The van der Waals surface area contributed by atoms with E-state index in [1.54, 1.807) is 0 Å². The molecule has 1 fully saturated rings. The predicted octanol–water partition coefficient (Wildman–Crippen LogP) is 1.67. The molecule has 1 N–H and O–H groups in total. The zero-order valence-corrected chi connectivity index (χ0v) is 10.8. The molecule has 1 saturated heterocycles. The highest BCUT2D eigenvalue weighted by molar-refractivity contribution is 7.99. The summed E-state index contributed by atoms with van der Waals surface area (Å²) in [6.45, 7) is 11.9. The van der Waals surface area contributed by atoms with Crippen molar-refractivity contribution in [3.63, 3.8) is 0 Å². The monoisotopic (exact) mass is 216 g/mol. The third-order valence-electron chi connectivity index (χ3n) is 2.63. The lowest BCUT2D eigenvalue weighted by molar-refractivity contribution is 0.182. The molecule has 1 atom stereocenters. The fourth-order valence-electron chi connectivity index (χ4n) is 2.17. The van der Waals surface area contributed by atoms with Gasteiger partial charge in [0.1, 0.15) is 0 Å². The van der Waals surface area contributed by atoms with Crippen molar-refractivity contribution < 1.29 is 0 Å². The Morgan fingerprint density at radius 3 is 2.79 bits per heavy atom. The summed E-state index contributed by atoms with van der Waals surface area (Å²) in [6, 6.07) is 0. The Hall–Kier alpha value is 0.270. The van der Waals surface area contributed by atoms with Gasteiger partial charge in [-0.05, 0) is 12.5 Å². The lowest BCUT2D eigenvalue weighted by Gasteiger charge is -2.36. The van der Waals surface area contributed by atoms with Crippen LogP contribution in [0.4, 0.5) is 0 Å². The Morgan fingerprint density at radius 2 is 2.21 bits per heavy atom. The van der Waals surface area contributed by atoms with Gasteiger partial charge in [-0.3, -0.25) is 0 Å². The van der Waals surface area contributed by atoms with Gasteiger partial charge in [0.05, 0.1) is 0 Å². The highest BCUT2D eigenvalue weighted by Gasteiger charge is 2.24. The van der Waals surface area contributed by atoms with Crippen LogP contribution in [0.15, 0.2) is 0 Å². The van der Waals surface area contributed by atoms with Crippen LogP contribution in [-0.2, 0) is 0 Å². The fraction of sp³-hybridized carbons (Fsp3) is 1.00. The molecule has 0 saturated carbocycles. The maximum atomic E-state index is 3.28. The lowest BCUT2D eigenvalue weighted by Crippen LogP contribution is -2.44. The maximum Gasteiger partial charge on any atom is 0.0147 e. The quantitative estimate of drug-likeness (QED) is 0.769. The smallest absolute Gasteiger partial charge is 0.0147 e. The minimum absolute atomic E-state index is 0.399. The van der Waals surface area contributed by atoms with Crippen molar-refractivity contribution in [2.75, 3.05) is 39.0 Å². The van der Waals surface area contributed by atoms with Gasteiger partial charge in [0.15, 0.2) is 0 Å². The molecular weight excluding hydrogens is 192 g/mol. The van der Waals surface area contributed by atoms with Crippen LogP contribution in [0.3, 0.4) is 0 Å². The second kappa shape index (κ2) is 5.38. The van der Waals surface area contributed by atoms with E-state index >= 15 is 0 Å². The summed E-state index contributed by atoms with van der Waals surface area (Å²) in [6.07, 6.45) is 0. The molecule has 1 aliphatic heterocycles. The molecule has 0 radical (unpaired) electrons. The first-order valence-corrected chi connectivity index (χ1v) is 6.57. The molecule has 1 rings (SSSR count). The molecule has 0 aliphatic carbocycles. The van der Waals surface area contributed by atoms with Gasteiger partial charge in [-0.15, -0.1) is 0 Å². The van der Waals surface area contributed by atoms with E-state index in [9.17, 15) is 0 Å². The first-order valence-electron chi connectivity index (χ1n) is 5.52. The molecule has 3 heteroatoms. The largest absolute Gasteiger partial charge is 0.319 e. The van der Waals surface area contributed by atoms with Crippen molar-refractivity contribution >= 4 is 11.8 Å². The standard InChI is InChI=1S/C11H24N2S/c1-10-7-13(5-6-14-10)9-11(2,3)8-12-4/h10,12H,5-9H2,1-4H3. The van der Waals surface area contributed by atoms with Crippen LogP contribution in [0.5, 0.6) is 0 Å². The van der Waals surface area contributed by atoms with Crippen molar-refractivity contribution in [3.8, 4) is 0 Å². The van der Waals surface area contributed by atoms with E-state index in [1.807, 2.05) is 7.05 Å². The first-order chi connectivity index (χ1) is 6.53. The fourth-order valence-corrected chi connectivity index (χ4v) is 3.26. The third kappa shape index (κ3) is 4.20. The number of nitrogens with one attached hydrogen (secondary N) is 1. The van der Waals surface area contributed by atoms with Gasteiger partial charge in [0, 0.05) is 37.2 Å². The van der Waals surface area contributed by atoms with Crippen LogP contribution in [0.1, 0.15) is 20.8 Å². The van der Waals surface area contributed by atoms with Gasteiger partial charge in [-0.25, -0.2) is 0 Å². The summed E-state index contributed by atoms with van der Waals surface area (Å²) >= 11 is 2.10. The van der Waals surface area contributed by atoms with Gasteiger partial charge < -0.3 is 10.2 Å². The summed E-state index contributed by atoms with van der Waals surface area (Å²) in [5, 5.41) is 4.09. The van der Waals surface area contributed by atoms with E-state index in [0.29, 0.717) is 5.41 Å². The first kappa shape index (κ1) is 12.3. The van der Waals surface area contributed by atoms with Gasteiger partial charge >= 0.3 is 0 Å². The van der Waals surface area contributed by atoms with Crippen LogP contribution in [0, 0.1) is 5.41 Å². The molecule has 1 unspecified atom stereocenters. The number of thioether (sulfide) groups is 1. The van der Waals surface area contributed by atoms with Crippen molar-refractivity contribution in [3.05, 3.63) is 0 Å². The molecule has 0 amide bonds. The van der Waals surface area contributed by atoms with E-state index in [4.69, 9.17) is 0 Å². The van der Waals surface area contributed by atoms with Crippen LogP contribution in [0.25, 0.3) is 0 Å². The molecule has 0 spiro atoms. The van der Waals surface area contributed by atoms with Gasteiger partial charge in [-0.2, -0.15) is 11.8 Å². The number of hydrogen-bond donors (Lipinski definition) is 1. The Kier molecular flexibility index (Phi) is 4.74. The second-order valence-corrected chi connectivity index (χ2v) is 6.66. The van der Waals surface area contributed by atoms with Crippen LogP contribution in [-0.4, -0.2) is 49.1 Å². The Bertz CT molecular complexity index is 171. The molecule has 1 heterocycles. The molecule has 2 nitrogen and oxygen atoms in total. The van der Waals surface area contributed by atoms with Crippen molar-refractivity contribution in [2.24, 2.45) is 5.41 Å². The summed E-state index contributed by atoms with van der Waals surface area (Å²) < 4.78 is 0. The van der Waals surface area contributed by atoms with E-state index in [-0.39, 0.29) is 0 Å². The molecule has 0 aromatic heterocycles. The number of hydrogen-bond acceptors (Lipinski definition) is 3. The third-order valence-corrected chi connectivity index (χ3v) is 3.77. The predicted molar refractivity (Wildman–Crippen MR) is 66.1 cm³/mol. The van der Waals surface area contributed by atoms with Gasteiger partial charge in [0.25, 0.3) is 0 Å². The highest BCUT2D eigenvalue weighted by atomic mass is 32.2. The number of rotatable bonds is 4. The topological polar surface area (TPSA) is 15.3 Å². The Labute approximate surface area is 92.8 Å². The van der Waals surface area contributed by atoms with Crippen molar-refractivity contribution in [1.29, 1.82) is 0 Å². The SMILES string of the molecule is CNCC(C)(C)CN1CCSC(C)C1. The zero-order valence-electron chi connectivity index (χ0n) is 9.97. The Morgan fingerprint density at radius 1 is 1.50 bits per heavy atom. The van der Waals surface area contributed by atoms with E-state index in [2.05, 4.69) is 42.7 Å². The summed E-state index contributed by atoms with van der Waals surface area (Å²) in [7, 11) is 2.04. The second-order valence-electron chi connectivity index (χ2n) is 5.11. The average Bonchev–Trinajstić information content (AvgIpc) is 2.02. The highest BCUT2D eigenvalue weighted by Crippen LogP contribution is 2.22. The zero-order chi connectivity index (χ0) is 10.6. The maximum absolute atomic E-state index is 3.28. The number of nitrogens with zero attached hydrogens (tertiary/aromatic N) is 1. The molecule has 14 heavy (non-hydrogen) atoms. The van der Waals surface area contributed by atoms with Gasteiger partial charge in [-0.1, -0.05) is 20.8 Å². The van der Waals surface area contributed by atoms with Crippen LogP contribution in [0.2, 0.25) is 0 Å². The summed E-state index contributed by atoms with van der Waals surface area (Å²) in [5.41, 5.74) is 0.399. The molecule has 0 bridgehead atoms. The summed E-state index contributed by atoms with van der Waals surface area (Å²) in [5.74, 6) is 1.30. The van der Waals surface area contributed by atoms with E-state index < -0.39 is 0 Å². The normalized spacial score (nSPS) is 25.3. The van der Waals surface area contributed by atoms with Crippen LogP contribution >= 0.6 is 11.8 Å². The average molecular weight is 216 g/mol. The molecular formula is C11H24N2S. The van der Waals surface area contributed by atoms with Crippen molar-refractivity contribution in [2.45, 2.75) is 26.0 Å². The minimum Gasteiger partial charge on any atom is -0.319 e. The van der Waals surface area contributed by atoms with E-state index in [1.165, 1.54) is 25.4 Å². The van der Waals surface area contributed by atoms with Crippen LogP contribution < -0.4 is 5.32 Å². The molecule has 0 aromatic carbocycles. The minimum atomic E-state index is 0.399. The van der Waals surface area contributed by atoms with Crippen molar-refractivity contribution in [1.82, 2.24) is 10.2 Å². The Balaban J connectivity index is 2.34. The van der Waals surface area contributed by atoms with Gasteiger partial charge in [0.2, 0.25) is 0 Å². The lowest BCUT2D eigenvalue weighted by atomic mass is 9.92. The molecule has 84 valence electrons. The van der Waals surface area contributed by atoms with E-state index in [0.717, 1.165) is 11.8 Å². The molecule has 0 aromatic rings. The summed E-state index contributed by atoms with van der Waals surface area (Å²) in [4.78, 5) is 2.61.